The molecule has 4 heteroatoms. The third-order valence-electron chi connectivity index (χ3n) is 3.30. The van der Waals surface area contributed by atoms with E-state index >= 15 is 0 Å². The molecule has 0 aliphatic carbocycles. The topological polar surface area (TPSA) is 75.4 Å². The highest BCUT2D eigenvalue weighted by molar-refractivity contribution is 5.76. The van der Waals surface area contributed by atoms with Crippen LogP contribution in [0, 0.1) is 0 Å². The highest BCUT2D eigenvalue weighted by Gasteiger charge is 2.09. The molecule has 0 aromatic heterocycles. The Bertz CT molecular complexity index is 567. The Morgan fingerprint density at radius 3 is 2.43 bits per heavy atom. The van der Waals surface area contributed by atoms with Gasteiger partial charge in [0.05, 0.1) is 6.10 Å². The zero-order chi connectivity index (χ0) is 15.1. The van der Waals surface area contributed by atoms with Crippen LogP contribution in [0.5, 0.6) is 0 Å². The van der Waals surface area contributed by atoms with Gasteiger partial charge >= 0.3 is 0 Å². The van der Waals surface area contributed by atoms with Gasteiger partial charge in [0.15, 0.2) is 0 Å². The molecule has 0 spiro atoms. The van der Waals surface area contributed by atoms with Crippen molar-refractivity contribution in [1.82, 2.24) is 5.32 Å². The molecule has 0 radical (unpaired) electrons. The molecule has 0 saturated carbocycles. The van der Waals surface area contributed by atoms with Gasteiger partial charge in [0.1, 0.15) is 0 Å². The number of amides is 1. The minimum Gasteiger partial charge on any atom is -0.399 e. The monoisotopic (exact) mass is 284 g/mol. The van der Waals surface area contributed by atoms with Crippen LogP contribution in [-0.4, -0.2) is 17.6 Å². The molecule has 1 amide bonds. The molecule has 0 aliphatic rings. The molecule has 110 valence electrons. The van der Waals surface area contributed by atoms with E-state index in [1.54, 1.807) is 0 Å². The van der Waals surface area contributed by atoms with Crippen LogP contribution in [0.15, 0.2) is 54.6 Å². The number of rotatable bonds is 6. The van der Waals surface area contributed by atoms with Crippen LogP contribution in [0.2, 0.25) is 0 Å². The standard InChI is InChI=1S/C17H20N2O2/c18-15-9-6-13(7-10-15)8-11-17(21)19-12-16(20)14-4-2-1-3-5-14/h1-7,9-10,16,20H,8,11-12,18H2,(H,19,21). The number of hydrogen-bond acceptors (Lipinski definition) is 3. The number of hydrogen-bond donors (Lipinski definition) is 3. The zero-order valence-corrected chi connectivity index (χ0v) is 11.8. The minimum atomic E-state index is -0.674. The number of carbonyl (C=O) groups excluding carboxylic acids is 1. The summed E-state index contributed by atoms with van der Waals surface area (Å²) in [5.74, 6) is -0.0678. The van der Waals surface area contributed by atoms with Crippen LogP contribution in [0.1, 0.15) is 23.7 Å². The Hall–Kier alpha value is -2.33. The Morgan fingerprint density at radius 2 is 1.76 bits per heavy atom. The van der Waals surface area contributed by atoms with Gasteiger partial charge in [-0.15, -0.1) is 0 Å². The maximum atomic E-state index is 11.8. The summed E-state index contributed by atoms with van der Waals surface area (Å²) in [7, 11) is 0. The molecule has 0 saturated heterocycles. The smallest absolute Gasteiger partial charge is 0.220 e. The lowest BCUT2D eigenvalue weighted by Crippen LogP contribution is -2.28. The molecular formula is C17H20N2O2. The quantitative estimate of drug-likeness (QED) is 0.711. The molecular weight excluding hydrogens is 264 g/mol. The van der Waals surface area contributed by atoms with Crippen molar-refractivity contribution >= 4 is 11.6 Å². The summed E-state index contributed by atoms with van der Waals surface area (Å²) in [6.07, 6.45) is 0.380. The second-order valence-electron chi connectivity index (χ2n) is 4.97. The Kier molecular flexibility index (Phi) is 5.35. The summed E-state index contributed by atoms with van der Waals surface area (Å²) < 4.78 is 0. The molecule has 4 nitrogen and oxygen atoms in total. The molecule has 2 rings (SSSR count). The lowest BCUT2D eigenvalue weighted by molar-refractivity contribution is -0.121. The number of carbonyl (C=O) groups is 1. The lowest BCUT2D eigenvalue weighted by atomic mass is 10.1. The maximum absolute atomic E-state index is 11.8. The lowest BCUT2D eigenvalue weighted by Gasteiger charge is -2.12. The summed E-state index contributed by atoms with van der Waals surface area (Å²) in [5, 5.41) is 12.7. The first-order valence-electron chi connectivity index (χ1n) is 6.99. The second-order valence-corrected chi connectivity index (χ2v) is 4.97. The summed E-state index contributed by atoms with van der Waals surface area (Å²) in [5.41, 5.74) is 8.20. The third kappa shape index (κ3) is 4.93. The van der Waals surface area contributed by atoms with E-state index in [0.29, 0.717) is 18.5 Å². The van der Waals surface area contributed by atoms with Crippen molar-refractivity contribution in [1.29, 1.82) is 0 Å². The van der Waals surface area contributed by atoms with E-state index in [-0.39, 0.29) is 12.5 Å². The van der Waals surface area contributed by atoms with Gasteiger partial charge in [-0.1, -0.05) is 42.5 Å². The molecule has 0 heterocycles. The molecule has 0 aliphatic heterocycles. The van der Waals surface area contributed by atoms with E-state index in [2.05, 4.69) is 5.32 Å². The summed E-state index contributed by atoms with van der Waals surface area (Å²) in [6, 6.07) is 16.8. The van der Waals surface area contributed by atoms with Crippen LogP contribution in [0.25, 0.3) is 0 Å². The molecule has 2 aromatic rings. The van der Waals surface area contributed by atoms with Gasteiger partial charge in [-0.25, -0.2) is 0 Å². The zero-order valence-electron chi connectivity index (χ0n) is 11.8. The van der Waals surface area contributed by atoms with Crippen molar-refractivity contribution in [2.75, 3.05) is 12.3 Å². The maximum Gasteiger partial charge on any atom is 0.220 e. The van der Waals surface area contributed by atoms with Crippen molar-refractivity contribution in [3.63, 3.8) is 0 Å². The summed E-state index contributed by atoms with van der Waals surface area (Å²) >= 11 is 0. The number of benzene rings is 2. The summed E-state index contributed by atoms with van der Waals surface area (Å²) in [6.45, 7) is 0.227. The Balaban J connectivity index is 1.73. The van der Waals surface area contributed by atoms with Crippen molar-refractivity contribution < 1.29 is 9.90 Å². The van der Waals surface area contributed by atoms with Crippen LogP contribution in [-0.2, 0) is 11.2 Å². The number of anilines is 1. The number of nitrogens with two attached hydrogens (primary N) is 1. The van der Waals surface area contributed by atoms with E-state index in [4.69, 9.17) is 5.73 Å². The summed E-state index contributed by atoms with van der Waals surface area (Å²) in [4.78, 5) is 11.8. The fourth-order valence-corrected chi connectivity index (χ4v) is 2.03. The second kappa shape index (κ2) is 7.45. The van der Waals surface area contributed by atoms with Gasteiger partial charge in [-0.2, -0.15) is 0 Å². The number of aliphatic hydroxyl groups is 1. The van der Waals surface area contributed by atoms with Gasteiger partial charge < -0.3 is 16.2 Å². The van der Waals surface area contributed by atoms with Gasteiger partial charge in [0.25, 0.3) is 0 Å². The van der Waals surface area contributed by atoms with Crippen LogP contribution >= 0.6 is 0 Å². The predicted molar refractivity (Wildman–Crippen MR) is 83.6 cm³/mol. The SMILES string of the molecule is Nc1ccc(CCC(=O)NCC(O)c2ccccc2)cc1. The molecule has 1 atom stereocenters. The van der Waals surface area contributed by atoms with E-state index in [9.17, 15) is 9.90 Å². The Labute approximate surface area is 124 Å². The van der Waals surface area contributed by atoms with Crippen molar-refractivity contribution in [3.05, 3.63) is 65.7 Å². The minimum absolute atomic E-state index is 0.0678. The normalized spacial score (nSPS) is 11.9. The molecule has 4 N–H and O–H groups in total. The highest BCUT2D eigenvalue weighted by Crippen LogP contribution is 2.11. The average molecular weight is 284 g/mol. The average Bonchev–Trinajstić information content (AvgIpc) is 2.53. The first-order valence-corrected chi connectivity index (χ1v) is 6.99. The number of aliphatic hydroxyl groups excluding tert-OH is 1. The van der Waals surface area contributed by atoms with Crippen LogP contribution in [0.3, 0.4) is 0 Å². The fourth-order valence-electron chi connectivity index (χ4n) is 2.03. The van der Waals surface area contributed by atoms with Crippen molar-refractivity contribution in [3.8, 4) is 0 Å². The Morgan fingerprint density at radius 1 is 1.10 bits per heavy atom. The molecule has 21 heavy (non-hydrogen) atoms. The fraction of sp³-hybridized carbons (Fsp3) is 0.235. The first-order chi connectivity index (χ1) is 10.1. The largest absolute Gasteiger partial charge is 0.399 e. The predicted octanol–water partition coefficient (Wildman–Crippen LogP) is 2.05. The number of aryl methyl sites for hydroxylation is 1. The van der Waals surface area contributed by atoms with E-state index in [1.807, 2.05) is 54.6 Å². The molecule has 2 aromatic carbocycles. The van der Waals surface area contributed by atoms with E-state index < -0.39 is 6.10 Å². The van der Waals surface area contributed by atoms with E-state index in [1.165, 1.54) is 0 Å². The third-order valence-corrected chi connectivity index (χ3v) is 3.30. The van der Waals surface area contributed by atoms with Gasteiger partial charge in [0.2, 0.25) is 5.91 Å². The highest BCUT2D eigenvalue weighted by atomic mass is 16.3. The molecule has 1 unspecified atom stereocenters. The van der Waals surface area contributed by atoms with Gasteiger partial charge in [-0.3, -0.25) is 4.79 Å². The van der Waals surface area contributed by atoms with Gasteiger partial charge in [-0.05, 0) is 29.7 Å². The number of nitrogens with one attached hydrogen (secondary N) is 1. The number of nitrogen functional groups attached to an aromatic ring is 1. The van der Waals surface area contributed by atoms with Crippen LogP contribution in [0.4, 0.5) is 5.69 Å². The van der Waals surface area contributed by atoms with Crippen molar-refractivity contribution in [2.24, 2.45) is 0 Å². The van der Waals surface area contributed by atoms with Crippen LogP contribution < -0.4 is 11.1 Å². The van der Waals surface area contributed by atoms with Crippen molar-refractivity contribution in [2.45, 2.75) is 18.9 Å². The first kappa shape index (κ1) is 15.1. The van der Waals surface area contributed by atoms with E-state index in [0.717, 1.165) is 11.1 Å². The molecule has 0 bridgehead atoms. The molecule has 0 fully saturated rings. The van der Waals surface area contributed by atoms with Gasteiger partial charge in [0, 0.05) is 18.7 Å².